The number of rotatable bonds is 2. The predicted octanol–water partition coefficient (Wildman–Crippen LogP) is 1.21. The maximum atomic E-state index is 5.48. The van der Waals surface area contributed by atoms with E-state index in [0.717, 1.165) is 17.1 Å². The molecule has 2 heterocycles. The van der Waals surface area contributed by atoms with Crippen LogP contribution in [0.5, 0.6) is 0 Å². The van der Waals surface area contributed by atoms with Crippen LogP contribution in [-0.4, -0.2) is 19.8 Å². The molecule has 0 spiro atoms. The molecular weight excluding hydrogens is 208 g/mol. The number of nitrogens with two attached hydrogens (primary N) is 1. The Morgan fingerprint density at radius 1 is 1.40 bits per heavy atom. The smallest absolute Gasteiger partial charge is 0.153 e. The Kier molecular flexibility index (Phi) is 2.47. The Morgan fingerprint density at radius 2 is 2.20 bits per heavy atom. The number of aryl methyl sites for hydroxylation is 1. The first-order valence-electron chi connectivity index (χ1n) is 4.45. The molecule has 4 nitrogen and oxygen atoms in total. The van der Waals surface area contributed by atoms with Crippen molar-refractivity contribution in [2.24, 2.45) is 5.73 Å². The van der Waals surface area contributed by atoms with Crippen molar-refractivity contribution in [3.05, 3.63) is 41.9 Å². The van der Waals surface area contributed by atoms with Crippen molar-refractivity contribution in [1.82, 2.24) is 14.8 Å². The summed E-state index contributed by atoms with van der Waals surface area (Å²) >= 11 is 4.84. The lowest BCUT2D eigenvalue weighted by atomic mass is 10.3. The van der Waals surface area contributed by atoms with Crippen LogP contribution in [-0.2, 0) is 0 Å². The summed E-state index contributed by atoms with van der Waals surface area (Å²) < 4.78 is 1.71. The maximum absolute atomic E-state index is 5.48. The monoisotopic (exact) mass is 218 g/mol. The van der Waals surface area contributed by atoms with E-state index >= 15 is 0 Å². The molecular formula is C10H10N4S. The van der Waals surface area contributed by atoms with Gasteiger partial charge in [0.1, 0.15) is 4.99 Å². The summed E-state index contributed by atoms with van der Waals surface area (Å²) in [7, 11) is 0. The lowest BCUT2D eigenvalue weighted by Crippen LogP contribution is -2.10. The molecule has 2 N–H and O–H groups in total. The number of hydrogen-bond acceptors (Lipinski definition) is 3. The van der Waals surface area contributed by atoms with E-state index in [9.17, 15) is 0 Å². The van der Waals surface area contributed by atoms with E-state index in [-0.39, 0.29) is 0 Å². The molecule has 15 heavy (non-hydrogen) atoms. The van der Waals surface area contributed by atoms with Gasteiger partial charge in [0.25, 0.3) is 0 Å². The van der Waals surface area contributed by atoms with E-state index in [2.05, 4.69) is 10.1 Å². The molecule has 0 aliphatic carbocycles. The van der Waals surface area contributed by atoms with Crippen molar-refractivity contribution < 1.29 is 0 Å². The molecule has 0 saturated heterocycles. The largest absolute Gasteiger partial charge is 0.389 e. The Balaban J connectivity index is 2.35. The zero-order chi connectivity index (χ0) is 10.8. The average Bonchev–Trinajstić information content (AvgIpc) is 2.65. The summed E-state index contributed by atoms with van der Waals surface area (Å²) in [5, 5.41) is 4.25. The van der Waals surface area contributed by atoms with E-state index in [1.54, 1.807) is 10.9 Å². The Morgan fingerprint density at radius 3 is 2.67 bits per heavy atom. The van der Waals surface area contributed by atoms with Crippen molar-refractivity contribution in [2.45, 2.75) is 6.92 Å². The summed E-state index contributed by atoms with van der Waals surface area (Å²) in [6.07, 6.45) is 3.51. The maximum Gasteiger partial charge on any atom is 0.153 e. The Hall–Kier alpha value is -1.75. The normalized spacial score (nSPS) is 10.2. The highest BCUT2D eigenvalue weighted by molar-refractivity contribution is 7.80. The van der Waals surface area contributed by atoms with Gasteiger partial charge in [-0.3, -0.25) is 0 Å². The Bertz CT molecular complexity index is 486. The Labute approximate surface area is 92.7 Å². The minimum absolute atomic E-state index is 0.352. The predicted molar refractivity (Wildman–Crippen MR) is 62.0 cm³/mol. The van der Waals surface area contributed by atoms with Crippen molar-refractivity contribution in [2.75, 3.05) is 0 Å². The molecule has 0 aliphatic heterocycles. The second-order valence-corrected chi connectivity index (χ2v) is 3.61. The standard InChI is InChI=1S/C10H10N4S/c1-7-4-5-14(13-7)9-3-2-8(6-12-9)10(11)15/h2-6H,1H3,(H2,11,15). The van der Waals surface area contributed by atoms with Gasteiger partial charge in [-0.2, -0.15) is 5.10 Å². The number of nitrogens with zero attached hydrogens (tertiary/aromatic N) is 3. The van der Waals surface area contributed by atoms with Gasteiger partial charge < -0.3 is 5.73 Å². The molecule has 0 atom stereocenters. The molecule has 2 aromatic rings. The lowest BCUT2D eigenvalue weighted by molar-refractivity contribution is 0.832. The minimum atomic E-state index is 0.352. The van der Waals surface area contributed by atoms with E-state index in [0.29, 0.717) is 4.99 Å². The first kappa shape index (κ1) is 9.79. The van der Waals surface area contributed by atoms with Crippen LogP contribution >= 0.6 is 12.2 Å². The summed E-state index contributed by atoms with van der Waals surface area (Å²) in [5.74, 6) is 0.753. The lowest BCUT2D eigenvalue weighted by Gasteiger charge is -2.01. The van der Waals surface area contributed by atoms with Gasteiger partial charge in [-0.15, -0.1) is 0 Å². The second kappa shape index (κ2) is 3.78. The van der Waals surface area contributed by atoms with Crippen LogP contribution in [0.15, 0.2) is 30.6 Å². The fraction of sp³-hybridized carbons (Fsp3) is 0.100. The molecule has 0 aliphatic rings. The first-order valence-corrected chi connectivity index (χ1v) is 4.86. The van der Waals surface area contributed by atoms with Gasteiger partial charge >= 0.3 is 0 Å². The summed E-state index contributed by atoms with van der Waals surface area (Å²) in [6.45, 7) is 1.93. The zero-order valence-corrected chi connectivity index (χ0v) is 9.03. The van der Waals surface area contributed by atoms with Crippen LogP contribution in [0.2, 0.25) is 0 Å². The molecule has 2 aromatic heterocycles. The summed E-state index contributed by atoms with van der Waals surface area (Å²) in [4.78, 5) is 4.57. The van der Waals surface area contributed by atoms with Crippen molar-refractivity contribution >= 4 is 17.2 Å². The molecule has 5 heteroatoms. The van der Waals surface area contributed by atoms with Gasteiger partial charge in [0.05, 0.1) is 5.69 Å². The highest BCUT2D eigenvalue weighted by Crippen LogP contribution is 2.05. The first-order chi connectivity index (χ1) is 7.16. The van der Waals surface area contributed by atoms with Crippen LogP contribution in [0.1, 0.15) is 11.3 Å². The van der Waals surface area contributed by atoms with Crippen molar-refractivity contribution in [1.29, 1.82) is 0 Å². The van der Waals surface area contributed by atoms with E-state index < -0.39 is 0 Å². The van der Waals surface area contributed by atoms with E-state index in [1.807, 2.05) is 31.3 Å². The summed E-state index contributed by atoms with van der Waals surface area (Å²) in [5.41, 5.74) is 7.19. The van der Waals surface area contributed by atoms with Gasteiger partial charge in [0.2, 0.25) is 0 Å². The molecule has 0 amide bonds. The van der Waals surface area contributed by atoms with Gasteiger partial charge in [-0.1, -0.05) is 12.2 Å². The van der Waals surface area contributed by atoms with Crippen molar-refractivity contribution in [3.63, 3.8) is 0 Å². The fourth-order valence-corrected chi connectivity index (χ4v) is 1.33. The molecule has 76 valence electrons. The van der Waals surface area contributed by atoms with E-state index in [1.165, 1.54) is 0 Å². The third-order valence-corrected chi connectivity index (χ3v) is 2.23. The topological polar surface area (TPSA) is 56.7 Å². The highest BCUT2D eigenvalue weighted by atomic mass is 32.1. The molecule has 0 saturated carbocycles. The third-order valence-electron chi connectivity index (χ3n) is 1.99. The average molecular weight is 218 g/mol. The number of aromatic nitrogens is 3. The van der Waals surface area contributed by atoms with Gasteiger partial charge in [0.15, 0.2) is 5.82 Å². The van der Waals surface area contributed by atoms with Crippen LogP contribution in [0.4, 0.5) is 0 Å². The second-order valence-electron chi connectivity index (χ2n) is 3.17. The van der Waals surface area contributed by atoms with Crippen LogP contribution in [0.3, 0.4) is 0 Å². The molecule has 0 fully saturated rings. The molecule has 0 radical (unpaired) electrons. The van der Waals surface area contributed by atoms with Crippen LogP contribution in [0, 0.1) is 6.92 Å². The minimum Gasteiger partial charge on any atom is -0.389 e. The zero-order valence-electron chi connectivity index (χ0n) is 8.21. The molecule has 0 bridgehead atoms. The van der Waals surface area contributed by atoms with E-state index in [4.69, 9.17) is 18.0 Å². The van der Waals surface area contributed by atoms with Crippen molar-refractivity contribution in [3.8, 4) is 5.82 Å². The third kappa shape index (κ3) is 2.02. The van der Waals surface area contributed by atoms with Gasteiger partial charge in [-0.25, -0.2) is 9.67 Å². The SMILES string of the molecule is Cc1ccn(-c2ccc(C(N)=S)cn2)n1. The number of thiocarbonyl (C=S) groups is 1. The summed E-state index contributed by atoms with van der Waals surface area (Å²) in [6, 6.07) is 5.59. The van der Waals surface area contributed by atoms with Gasteiger partial charge in [-0.05, 0) is 25.1 Å². The van der Waals surface area contributed by atoms with Crippen LogP contribution < -0.4 is 5.73 Å². The quantitative estimate of drug-likeness (QED) is 0.770. The molecule has 0 aromatic carbocycles. The fourth-order valence-electron chi connectivity index (χ4n) is 1.21. The highest BCUT2D eigenvalue weighted by Gasteiger charge is 2.01. The number of pyridine rings is 1. The van der Waals surface area contributed by atoms with Crippen LogP contribution in [0.25, 0.3) is 5.82 Å². The van der Waals surface area contributed by atoms with Gasteiger partial charge in [0, 0.05) is 18.0 Å². The molecule has 2 rings (SSSR count). The molecule has 0 unspecified atom stereocenters. The number of hydrogen-bond donors (Lipinski definition) is 1.